The van der Waals surface area contributed by atoms with Gasteiger partial charge in [0.05, 0.1) is 65.3 Å². The van der Waals surface area contributed by atoms with Crippen LogP contribution in [0.1, 0.15) is 70.7 Å². The first-order chi connectivity index (χ1) is 23.7. The summed E-state index contributed by atoms with van der Waals surface area (Å²) in [5.41, 5.74) is 15.0. The molecule has 0 radical (unpaired) electrons. The second-order valence-corrected chi connectivity index (χ2v) is 15.0. The van der Waals surface area contributed by atoms with Gasteiger partial charge >= 0.3 is 0 Å². The van der Waals surface area contributed by atoms with Gasteiger partial charge in [0.1, 0.15) is 12.2 Å². The van der Waals surface area contributed by atoms with Crippen LogP contribution in [-0.2, 0) is 19.1 Å². The van der Waals surface area contributed by atoms with Gasteiger partial charge in [-0.05, 0) is 56.6 Å². The summed E-state index contributed by atoms with van der Waals surface area (Å²) in [5, 5.41) is 12.0. The molecule has 1 saturated carbocycles. The maximum atomic E-state index is 13.6. The number of aromatic nitrogens is 2. The molecule has 15 heteroatoms. The molecule has 1 aliphatic carbocycles. The molecule has 15 nitrogen and oxygen atoms in total. The van der Waals surface area contributed by atoms with Crippen molar-refractivity contribution in [2.24, 2.45) is 27.8 Å². The molecule has 2 aromatic rings. The maximum absolute atomic E-state index is 13.6. The molecule has 3 fully saturated rings. The van der Waals surface area contributed by atoms with Crippen LogP contribution in [0.3, 0.4) is 0 Å². The summed E-state index contributed by atoms with van der Waals surface area (Å²) in [6, 6.07) is 1.27. The van der Waals surface area contributed by atoms with E-state index in [9.17, 15) is 19.2 Å². The molecule has 6 heterocycles. The predicted octanol–water partition coefficient (Wildman–Crippen LogP) is 2.18. The van der Waals surface area contributed by atoms with E-state index in [1.807, 2.05) is 24.1 Å². The van der Waals surface area contributed by atoms with Gasteiger partial charge in [0.2, 0.25) is 11.8 Å². The number of fused-ring (bicyclic) bond motifs is 2. The quantitative estimate of drug-likeness (QED) is 0.356. The van der Waals surface area contributed by atoms with Crippen LogP contribution in [0.15, 0.2) is 40.8 Å². The molecule has 2 aromatic heterocycles. The zero-order valence-electron chi connectivity index (χ0n) is 29.3. The van der Waals surface area contributed by atoms with E-state index >= 15 is 0 Å². The third kappa shape index (κ3) is 5.97. The molecule has 1 unspecified atom stereocenters. The molecule has 50 heavy (non-hydrogen) atoms. The monoisotopic (exact) mass is 686 g/mol. The zero-order valence-corrected chi connectivity index (χ0v) is 29.3. The molecule has 2 saturated heterocycles. The molecule has 4 amide bonds. The smallest absolute Gasteiger partial charge is 0.254 e. The van der Waals surface area contributed by atoms with Crippen LogP contribution in [0.2, 0.25) is 0 Å². The standard InChI is InChI=1S/C35H46N10O5/c1-19(21-8-9-21)38-31-25-13-22(41-10-6-7-27(41)46)15-43(25)40-34(29(31)33(37)49)45-17-24(32(36)48)30(39-20(2)35(3,4)5)26-14-23(16-44(26)45)42-11-12-50-18-28(42)47/h13-15,17,19-21,23,38H,6-12,16,18H2,1-5H3,(H2,36,48)(H2,37,49)/t19-,20-,23?/m1/s1. The van der Waals surface area contributed by atoms with Crippen molar-refractivity contribution in [1.82, 2.24) is 19.5 Å². The van der Waals surface area contributed by atoms with Gasteiger partial charge < -0.3 is 31.3 Å². The minimum absolute atomic E-state index is 0.0218. The topological polar surface area (TPSA) is 184 Å². The highest BCUT2D eigenvalue weighted by atomic mass is 16.5. The van der Waals surface area contributed by atoms with Gasteiger partial charge in [0, 0.05) is 31.8 Å². The van der Waals surface area contributed by atoms with Gasteiger partial charge in [-0.15, -0.1) is 5.10 Å². The summed E-state index contributed by atoms with van der Waals surface area (Å²) >= 11 is 0. The van der Waals surface area contributed by atoms with Crippen LogP contribution in [0, 0.1) is 11.3 Å². The summed E-state index contributed by atoms with van der Waals surface area (Å²) in [5.74, 6) is -0.967. The summed E-state index contributed by atoms with van der Waals surface area (Å²) in [6.07, 6.45) is 8.60. The normalized spacial score (nSPS) is 23.4. The van der Waals surface area contributed by atoms with Gasteiger partial charge in [0.25, 0.3) is 11.8 Å². The number of nitrogens with one attached hydrogen (secondary N) is 1. The Morgan fingerprint density at radius 1 is 1.10 bits per heavy atom. The number of primary amides is 2. The van der Waals surface area contributed by atoms with Crippen LogP contribution >= 0.6 is 0 Å². The number of nitrogens with two attached hydrogens (primary N) is 2. The second kappa shape index (κ2) is 12.4. The molecule has 5 aliphatic rings. The van der Waals surface area contributed by atoms with Crippen LogP contribution in [0.5, 0.6) is 0 Å². The van der Waals surface area contributed by atoms with Crippen molar-refractivity contribution in [3.05, 3.63) is 41.4 Å². The SMILES string of the molecule is C[C@@H](Nc1c(C(N)=O)c(N2C=C(C(N)=O)C(=N[C@H](C)C(C)(C)C)C3=CC(N4CCOCC4=O)CN32)nn2cc(N3CCCC3=O)cc12)C1CC1. The molecule has 0 spiro atoms. The van der Waals surface area contributed by atoms with Crippen molar-refractivity contribution in [1.29, 1.82) is 0 Å². The van der Waals surface area contributed by atoms with Gasteiger partial charge in [-0.3, -0.25) is 29.2 Å². The molecule has 4 aliphatic heterocycles. The first-order valence-corrected chi connectivity index (χ1v) is 17.4. The van der Waals surface area contributed by atoms with Gasteiger partial charge in [0.15, 0.2) is 5.82 Å². The van der Waals surface area contributed by atoms with Crippen LogP contribution in [0.25, 0.3) is 5.52 Å². The number of amides is 4. The highest BCUT2D eigenvalue weighted by Gasteiger charge is 2.43. The highest BCUT2D eigenvalue weighted by molar-refractivity contribution is 6.28. The third-order valence-corrected chi connectivity index (χ3v) is 10.5. The number of nitrogens with zero attached hydrogens (tertiary/aromatic N) is 7. The summed E-state index contributed by atoms with van der Waals surface area (Å²) in [7, 11) is 0. The van der Waals surface area contributed by atoms with Crippen molar-refractivity contribution >= 4 is 52.0 Å². The van der Waals surface area contributed by atoms with Gasteiger partial charge in [-0.25, -0.2) is 9.52 Å². The zero-order chi connectivity index (χ0) is 35.6. The number of carbonyl (C=O) groups is 4. The minimum Gasteiger partial charge on any atom is -0.380 e. The Bertz CT molecular complexity index is 1870. The lowest BCUT2D eigenvalue weighted by atomic mass is 9.88. The van der Waals surface area contributed by atoms with E-state index in [1.165, 1.54) is 0 Å². The number of rotatable bonds is 9. The van der Waals surface area contributed by atoms with E-state index in [1.54, 1.807) is 31.7 Å². The van der Waals surface area contributed by atoms with E-state index in [0.29, 0.717) is 60.3 Å². The van der Waals surface area contributed by atoms with Gasteiger partial charge in [-0.1, -0.05) is 20.8 Å². The first-order valence-electron chi connectivity index (χ1n) is 17.4. The fraction of sp³-hybridized carbons (Fsp3) is 0.543. The Labute approximate surface area is 290 Å². The van der Waals surface area contributed by atoms with E-state index in [4.69, 9.17) is 26.3 Å². The highest BCUT2D eigenvalue weighted by Crippen LogP contribution is 2.41. The number of ether oxygens (including phenoxy) is 1. The Morgan fingerprint density at radius 3 is 2.48 bits per heavy atom. The predicted molar refractivity (Wildman–Crippen MR) is 188 cm³/mol. The largest absolute Gasteiger partial charge is 0.380 e. The van der Waals surface area contributed by atoms with E-state index < -0.39 is 17.9 Å². The molecular formula is C35H46N10O5. The first kappa shape index (κ1) is 33.6. The number of carbonyl (C=O) groups excluding carboxylic acids is 4. The lowest BCUT2D eigenvalue weighted by Gasteiger charge is -2.40. The summed E-state index contributed by atoms with van der Waals surface area (Å²) in [6.45, 7) is 11.9. The molecule has 3 atom stereocenters. The van der Waals surface area contributed by atoms with E-state index in [2.05, 4.69) is 33.0 Å². The number of morpholine rings is 1. The van der Waals surface area contributed by atoms with E-state index in [0.717, 1.165) is 19.3 Å². The summed E-state index contributed by atoms with van der Waals surface area (Å²) in [4.78, 5) is 61.2. The molecule has 0 bridgehead atoms. The van der Waals surface area contributed by atoms with Crippen LogP contribution in [-0.4, -0.2) is 99.8 Å². The Morgan fingerprint density at radius 2 is 1.86 bits per heavy atom. The number of allylic oxidation sites excluding steroid dienone is 1. The van der Waals surface area contributed by atoms with Crippen LogP contribution in [0.4, 0.5) is 17.2 Å². The number of hydrogen-bond donors (Lipinski definition) is 3. The Kier molecular flexibility index (Phi) is 8.36. The van der Waals surface area contributed by atoms with Crippen LogP contribution < -0.4 is 26.7 Å². The fourth-order valence-electron chi connectivity index (χ4n) is 6.99. The number of anilines is 3. The lowest BCUT2D eigenvalue weighted by Crippen LogP contribution is -2.52. The van der Waals surface area contributed by atoms with Crippen molar-refractivity contribution in [2.45, 2.75) is 78.4 Å². The minimum atomic E-state index is -0.722. The van der Waals surface area contributed by atoms with Crippen molar-refractivity contribution in [3.63, 3.8) is 0 Å². The average molecular weight is 687 g/mol. The number of hydrogen-bond acceptors (Lipinski definition) is 10. The Hall–Kier alpha value is -4.92. The van der Waals surface area contributed by atoms with Gasteiger partial charge in [-0.2, -0.15) is 0 Å². The number of hydrazine groups is 1. The molecule has 7 rings (SSSR count). The summed E-state index contributed by atoms with van der Waals surface area (Å²) < 4.78 is 7.06. The van der Waals surface area contributed by atoms with E-state index in [-0.39, 0.29) is 59.4 Å². The fourth-order valence-corrected chi connectivity index (χ4v) is 6.99. The average Bonchev–Trinajstić information content (AvgIpc) is 3.44. The Balaban J connectivity index is 1.44. The van der Waals surface area contributed by atoms with Crippen molar-refractivity contribution < 1.29 is 23.9 Å². The van der Waals surface area contributed by atoms with Crippen molar-refractivity contribution in [3.8, 4) is 0 Å². The number of aliphatic imine (C=N–C) groups is 1. The second-order valence-electron chi connectivity index (χ2n) is 15.0. The maximum Gasteiger partial charge on any atom is 0.254 e. The molecule has 0 aromatic carbocycles. The van der Waals surface area contributed by atoms with Crippen molar-refractivity contribution in [2.75, 3.05) is 48.1 Å². The third-order valence-electron chi connectivity index (χ3n) is 10.5. The lowest BCUT2D eigenvalue weighted by molar-refractivity contribution is -0.144. The molecule has 266 valence electrons. The molecule has 5 N–H and O–H groups in total. The molecular weight excluding hydrogens is 640 g/mol.